The fraction of sp³-hybridized carbons (Fsp3) is 0.750. The normalized spacial score (nSPS) is 27.6. The predicted molar refractivity (Wildman–Crippen MR) is 59.5 cm³/mol. The van der Waals surface area contributed by atoms with Crippen molar-refractivity contribution in [3.05, 3.63) is 18.0 Å². The first kappa shape index (κ1) is 10.7. The third-order valence-electron chi connectivity index (χ3n) is 3.36. The van der Waals surface area contributed by atoms with Gasteiger partial charge in [0.1, 0.15) is 0 Å². The van der Waals surface area contributed by atoms with Crippen molar-refractivity contribution in [2.75, 3.05) is 0 Å². The highest BCUT2D eigenvalue weighted by molar-refractivity contribution is 5.00. The summed E-state index contributed by atoms with van der Waals surface area (Å²) in [5, 5.41) is 14.4. The second-order valence-electron chi connectivity index (χ2n) is 4.65. The minimum absolute atomic E-state index is 0.116. The van der Waals surface area contributed by atoms with Crippen LogP contribution in [0.5, 0.6) is 0 Å². The van der Waals surface area contributed by atoms with E-state index in [0.717, 1.165) is 25.0 Å². The smallest absolute Gasteiger partial charge is 0.0628 e. The Bertz CT molecular complexity index is 308. The zero-order valence-corrected chi connectivity index (χ0v) is 9.39. The third-order valence-corrected chi connectivity index (χ3v) is 3.36. The molecule has 0 aromatic carbocycles. The largest absolute Gasteiger partial charge is 0.393 e. The van der Waals surface area contributed by atoms with Crippen molar-refractivity contribution in [2.45, 2.75) is 44.6 Å². The first-order valence-electron chi connectivity index (χ1n) is 5.92. The molecular formula is C12H20N2O. The van der Waals surface area contributed by atoms with Crippen LogP contribution in [0.4, 0.5) is 0 Å². The van der Waals surface area contributed by atoms with E-state index in [9.17, 15) is 5.11 Å². The van der Waals surface area contributed by atoms with Crippen molar-refractivity contribution in [3.63, 3.8) is 0 Å². The Labute approximate surface area is 91.1 Å². The first-order chi connectivity index (χ1) is 7.25. The number of aromatic nitrogens is 2. The van der Waals surface area contributed by atoms with Crippen molar-refractivity contribution in [1.82, 2.24) is 9.78 Å². The zero-order valence-electron chi connectivity index (χ0n) is 9.39. The summed E-state index contributed by atoms with van der Waals surface area (Å²) < 4.78 is 1.83. The van der Waals surface area contributed by atoms with Crippen LogP contribution in [0.1, 0.15) is 37.8 Å². The summed E-state index contributed by atoms with van der Waals surface area (Å²) in [6.45, 7) is 0. The Kier molecular flexibility index (Phi) is 3.41. The molecule has 1 aliphatic carbocycles. The summed E-state index contributed by atoms with van der Waals surface area (Å²) in [7, 11) is 1.94. The van der Waals surface area contributed by atoms with Gasteiger partial charge in [-0.25, -0.2) is 0 Å². The van der Waals surface area contributed by atoms with Crippen LogP contribution < -0.4 is 0 Å². The minimum Gasteiger partial charge on any atom is -0.393 e. The quantitative estimate of drug-likeness (QED) is 0.754. The van der Waals surface area contributed by atoms with Crippen LogP contribution in [0.15, 0.2) is 12.3 Å². The van der Waals surface area contributed by atoms with Gasteiger partial charge in [0.05, 0.1) is 11.8 Å². The monoisotopic (exact) mass is 208 g/mol. The Hall–Kier alpha value is -0.830. The van der Waals surface area contributed by atoms with Crippen LogP contribution in [-0.2, 0) is 13.5 Å². The summed E-state index contributed by atoms with van der Waals surface area (Å²) in [6.07, 6.45) is 8.62. The summed E-state index contributed by atoms with van der Waals surface area (Å²) in [5.41, 5.74) is 1.11. The number of rotatable bonds is 2. The molecule has 15 heavy (non-hydrogen) atoms. The van der Waals surface area contributed by atoms with Crippen molar-refractivity contribution < 1.29 is 5.11 Å². The van der Waals surface area contributed by atoms with E-state index in [1.54, 1.807) is 0 Å². The van der Waals surface area contributed by atoms with Gasteiger partial charge in [0.15, 0.2) is 0 Å². The van der Waals surface area contributed by atoms with Gasteiger partial charge in [-0.2, -0.15) is 5.10 Å². The van der Waals surface area contributed by atoms with Crippen molar-refractivity contribution in [3.8, 4) is 0 Å². The molecule has 0 amide bonds. The standard InChI is InChI=1S/C12H20N2O/c1-14-8-7-11(13-14)9-10-5-3-2-4-6-12(10)15/h7-8,10,12,15H,2-6,9H2,1H3. The van der Waals surface area contributed by atoms with Crippen LogP contribution in [0.3, 0.4) is 0 Å². The molecule has 0 aliphatic heterocycles. The van der Waals surface area contributed by atoms with E-state index in [-0.39, 0.29) is 6.10 Å². The second kappa shape index (κ2) is 4.79. The van der Waals surface area contributed by atoms with E-state index in [4.69, 9.17) is 0 Å². The third kappa shape index (κ3) is 2.81. The van der Waals surface area contributed by atoms with E-state index >= 15 is 0 Å². The van der Waals surface area contributed by atoms with Crippen LogP contribution in [-0.4, -0.2) is 21.0 Å². The number of hydrogen-bond acceptors (Lipinski definition) is 2. The van der Waals surface area contributed by atoms with E-state index in [1.807, 2.05) is 17.9 Å². The number of nitrogens with zero attached hydrogens (tertiary/aromatic N) is 2. The lowest BCUT2D eigenvalue weighted by Crippen LogP contribution is -2.21. The van der Waals surface area contributed by atoms with Crippen molar-refractivity contribution >= 4 is 0 Å². The fourth-order valence-corrected chi connectivity index (χ4v) is 2.44. The molecule has 0 spiro atoms. The summed E-state index contributed by atoms with van der Waals surface area (Å²) >= 11 is 0. The molecule has 0 bridgehead atoms. The number of aliphatic hydroxyl groups is 1. The highest BCUT2D eigenvalue weighted by Crippen LogP contribution is 2.25. The van der Waals surface area contributed by atoms with E-state index < -0.39 is 0 Å². The highest BCUT2D eigenvalue weighted by Gasteiger charge is 2.22. The summed E-state index contributed by atoms with van der Waals surface area (Å²) in [5.74, 6) is 0.419. The van der Waals surface area contributed by atoms with Gasteiger partial charge in [-0.3, -0.25) is 4.68 Å². The maximum Gasteiger partial charge on any atom is 0.0628 e. The predicted octanol–water partition coefficient (Wildman–Crippen LogP) is 1.90. The first-order valence-corrected chi connectivity index (χ1v) is 5.92. The van der Waals surface area contributed by atoms with Gasteiger partial charge >= 0.3 is 0 Å². The molecule has 3 heteroatoms. The average molecular weight is 208 g/mol. The van der Waals surface area contributed by atoms with Gasteiger partial charge in [-0.05, 0) is 31.2 Å². The Morgan fingerprint density at radius 1 is 1.40 bits per heavy atom. The Morgan fingerprint density at radius 3 is 2.93 bits per heavy atom. The molecule has 2 rings (SSSR count). The molecule has 0 radical (unpaired) electrons. The lowest BCUT2D eigenvalue weighted by atomic mass is 9.92. The second-order valence-corrected chi connectivity index (χ2v) is 4.65. The van der Waals surface area contributed by atoms with E-state index in [1.165, 1.54) is 19.3 Å². The molecule has 1 aromatic heterocycles. The van der Waals surface area contributed by atoms with E-state index in [2.05, 4.69) is 11.2 Å². The lowest BCUT2D eigenvalue weighted by molar-refractivity contribution is 0.100. The molecule has 0 saturated heterocycles. The number of hydrogen-bond donors (Lipinski definition) is 1. The van der Waals surface area contributed by atoms with Crippen LogP contribution >= 0.6 is 0 Å². The van der Waals surface area contributed by atoms with Gasteiger partial charge in [0.2, 0.25) is 0 Å². The molecule has 3 nitrogen and oxygen atoms in total. The van der Waals surface area contributed by atoms with Gasteiger partial charge in [0.25, 0.3) is 0 Å². The van der Waals surface area contributed by atoms with E-state index in [0.29, 0.717) is 5.92 Å². The molecular weight excluding hydrogens is 188 g/mol. The average Bonchev–Trinajstić information content (AvgIpc) is 2.50. The van der Waals surface area contributed by atoms with Gasteiger partial charge in [-0.15, -0.1) is 0 Å². The molecule has 1 fully saturated rings. The van der Waals surface area contributed by atoms with Crippen molar-refractivity contribution in [1.29, 1.82) is 0 Å². The Morgan fingerprint density at radius 2 is 2.20 bits per heavy atom. The highest BCUT2D eigenvalue weighted by atomic mass is 16.3. The summed E-state index contributed by atoms with van der Waals surface area (Å²) in [4.78, 5) is 0. The number of aliphatic hydroxyl groups excluding tert-OH is 1. The van der Waals surface area contributed by atoms with Gasteiger partial charge < -0.3 is 5.11 Å². The number of aryl methyl sites for hydroxylation is 1. The molecule has 1 aromatic rings. The molecule has 1 aliphatic rings. The maximum atomic E-state index is 9.98. The Balaban J connectivity index is 1.97. The molecule has 84 valence electrons. The lowest BCUT2D eigenvalue weighted by Gasteiger charge is -2.18. The fourth-order valence-electron chi connectivity index (χ4n) is 2.44. The van der Waals surface area contributed by atoms with Crippen LogP contribution in [0, 0.1) is 5.92 Å². The van der Waals surface area contributed by atoms with Crippen LogP contribution in [0.25, 0.3) is 0 Å². The molecule has 1 N–H and O–H groups in total. The minimum atomic E-state index is -0.116. The summed E-state index contributed by atoms with van der Waals surface area (Å²) in [6, 6.07) is 2.05. The van der Waals surface area contributed by atoms with Crippen molar-refractivity contribution in [2.24, 2.45) is 13.0 Å². The molecule has 1 saturated carbocycles. The van der Waals surface area contributed by atoms with Crippen LogP contribution in [0.2, 0.25) is 0 Å². The maximum absolute atomic E-state index is 9.98. The van der Waals surface area contributed by atoms with Gasteiger partial charge in [0, 0.05) is 13.2 Å². The topological polar surface area (TPSA) is 38.0 Å². The SMILES string of the molecule is Cn1ccc(CC2CCCCCC2O)n1. The molecule has 1 heterocycles. The zero-order chi connectivity index (χ0) is 10.7. The molecule has 2 unspecified atom stereocenters. The van der Waals surface area contributed by atoms with Gasteiger partial charge in [-0.1, -0.05) is 19.3 Å². The molecule has 2 atom stereocenters.